The van der Waals surface area contributed by atoms with Crippen LogP contribution in [0.15, 0.2) is 42.5 Å². The highest BCUT2D eigenvalue weighted by Crippen LogP contribution is 2.32. The van der Waals surface area contributed by atoms with Crippen molar-refractivity contribution in [1.82, 2.24) is 10.2 Å². The van der Waals surface area contributed by atoms with Crippen molar-refractivity contribution in [3.05, 3.63) is 63.9 Å². The van der Waals surface area contributed by atoms with E-state index in [1.54, 1.807) is 31.2 Å². The van der Waals surface area contributed by atoms with E-state index in [9.17, 15) is 9.18 Å². The highest BCUT2D eigenvalue weighted by Gasteiger charge is 2.20. The third-order valence-corrected chi connectivity index (χ3v) is 4.72. The number of hydrogen-bond donors (Lipinski definition) is 1. The zero-order chi connectivity index (χ0) is 19.3. The van der Waals surface area contributed by atoms with E-state index in [1.807, 2.05) is 25.1 Å². The van der Waals surface area contributed by atoms with Gasteiger partial charge in [-0.3, -0.25) is 4.79 Å². The van der Waals surface area contributed by atoms with Gasteiger partial charge in [0.15, 0.2) is 6.10 Å². The fourth-order valence-corrected chi connectivity index (χ4v) is 2.81. The molecule has 1 amide bonds. The van der Waals surface area contributed by atoms with E-state index in [1.165, 1.54) is 12.1 Å². The van der Waals surface area contributed by atoms with Crippen LogP contribution in [0.1, 0.15) is 18.5 Å². The fraction of sp³-hybridized carbons (Fsp3) is 0.316. The molecule has 0 heterocycles. The lowest BCUT2D eigenvalue weighted by atomic mass is 10.1. The quantitative estimate of drug-likeness (QED) is 0.754. The monoisotopic (exact) mass is 398 g/mol. The van der Waals surface area contributed by atoms with Gasteiger partial charge in [0.1, 0.15) is 16.6 Å². The van der Waals surface area contributed by atoms with Gasteiger partial charge in [-0.2, -0.15) is 0 Å². The molecule has 0 aliphatic heterocycles. The van der Waals surface area contributed by atoms with Gasteiger partial charge in [0.25, 0.3) is 5.91 Å². The third-order valence-electron chi connectivity index (χ3n) is 3.92. The Balaban J connectivity index is 2.00. The average molecular weight is 399 g/mol. The summed E-state index contributed by atoms with van der Waals surface area (Å²) < 4.78 is 19.1. The molecule has 2 atom stereocenters. The molecule has 26 heavy (non-hydrogen) atoms. The van der Waals surface area contributed by atoms with Crippen LogP contribution in [-0.2, 0) is 4.79 Å². The van der Waals surface area contributed by atoms with Gasteiger partial charge in [0, 0.05) is 6.54 Å². The molecule has 0 spiro atoms. The number of ether oxygens (including phenoxy) is 1. The summed E-state index contributed by atoms with van der Waals surface area (Å²) in [4.78, 5) is 14.3. The van der Waals surface area contributed by atoms with Crippen LogP contribution >= 0.6 is 23.2 Å². The Kier molecular flexibility index (Phi) is 7.26. The molecule has 0 bridgehead atoms. The zero-order valence-corrected chi connectivity index (χ0v) is 16.3. The molecule has 0 fully saturated rings. The van der Waals surface area contributed by atoms with Crippen molar-refractivity contribution >= 4 is 29.1 Å². The lowest BCUT2D eigenvalue weighted by molar-refractivity contribution is -0.127. The molecule has 4 nitrogen and oxygen atoms in total. The van der Waals surface area contributed by atoms with Crippen molar-refractivity contribution < 1.29 is 13.9 Å². The van der Waals surface area contributed by atoms with Gasteiger partial charge >= 0.3 is 0 Å². The van der Waals surface area contributed by atoms with Crippen molar-refractivity contribution in [2.75, 3.05) is 20.6 Å². The lowest BCUT2D eigenvalue weighted by Gasteiger charge is -2.26. The number of nitrogens with zero attached hydrogens (tertiary/aromatic N) is 1. The summed E-state index contributed by atoms with van der Waals surface area (Å²) in [6.45, 7) is 1.94. The van der Waals surface area contributed by atoms with Crippen molar-refractivity contribution in [3.8, 4) is 5.75 Å². The molecular weight excluding hydrogens is 378 g/mol. The Morgan fingerprint density at radius 2 is 1.92 bits per heavy atom. The van der Waals surface area contributed by atoms with Crippen LogP contribution in [-0.4, -0.2) is 37.6 Å². The predicted molar refractivity (Wildman–Crippen MR) is 102 cm³/mol. The number of carbonyl (C=O) groups is 1. The van der Waals surface area contributed by atoms with Gasteiger partial charge in [-0.1, -0.05) is 41.4 Å². The second kappa shape index (κ2) is 9.21. The molecule has 7 heteroatoms. The van der Waals surface area contributed by atoms with Crippen molar-refractivity contribution in [2.24, 2.45) is 0 Å². The molecule has 2 unspecified atom stereocenters. The second-order valence-electron chi connectivity index (χ2n) is 6.09. The Labute approximate surface area is 162 Å². The predicted octanol–water partition coefficient (Wildman–Crippen LogP) is 4.32. The van der Waals surface area contributed by atoms with Gasteiger partial charge < -0.3 is 15.0 Å². The van der Waals surface area contributed by atoms with Gasteiger partial charge in [0.05, 0.1) is 11.1 Å². The number of amides is 1. The number of benzene rings is 2. The molecule has 0 aliphatic carbocycles. The van der Waals surface area contributed by atoms with Crippen LogP contribution in [0.3, 0.4) is 0 Å². The molecule has 2 rings (SSSR count). The molecule has 0 radical (unpaired) electrons. The lowest BCUT2D eigenvalue weighted by Crippen LogP contribution is -2.41. The summed E-state index contributed by atoms with van der Waals surface area (Å²) in [6, 6.07) is 11.1. The molecule has 2 aromatic carbocycles. The van der Waals surface area contributed by atoms with Crippen LogP contribution in [0.5, 0.6) is 5.75 Å². The van der Waals surface area contributed by atoms with Crippen LogP contribution in [0.25, 0.3) is 0 Å². The van der Waals surface area contributed by atoms with Gasteiger partial charge in [0.2, 0.25) is 0 Å². The first-order valence-corrected chi connectivity index (χ1v) is 8.85. The maximum absolute atomic E-state index is 13.5. The zero-order valence-electron chi connectivity index (χ0n) is 14.8. The number of rotatable bonds is 7. The van der Waals surface area contributed by atoms with Gasteiger partial charge in [-0.05, 0) is 50.8 Å². The molecular formula is C19H21Cl2FN2O2. The van der Waals surface area contributed by atoms with E-state index < -0.39 is 6.10 Å². The van der Waals surface area contributed by atoms with E-state index >= 15 is 0 Å². The molecule has 0 aromatic heterocycles. The first-order chi connectivity index (χ1) is 12.3. The molecule has 0 saturated heterocycles. The van der Waals surface area contributed by atoms with Crippen LogP contribution in [0.4, 0.5) is 4.39 Å². The van der Waals surface area contributed by atoms with E-state index in [0.717, 1.165) is 5.56 Å². The largest absolute Gasteiger partial charge is 0.479 e. The Bertz CT molecular complexity index is 771. The van der Waals surface area contributed by atoms with E-state index in [2.05, 4.69) is 5.32 Å². The summed E-state index contributed by atoms with van der Waals surface area (Å²) in [5, 5.41) is 3.45. The topological polar surface area (TPSA) is 41.6 Å². The minimum atomic E-state index is -0.763. The molecule has 0 aliphatic rings. The van der Waals surface area contributed by atoms with Crippen LogP contribution in [0, 0.1) is 5.82 Å². The average Bonchev–Trinajstić information content (AvgIpc) is 2.58. The normalized spacial score (nSPS) is 13.3. The van der Waals surface area contributed by atoms with E-state index in [0.29, 0.717) is 17.3 Å². The maximum Gasteiger partial charge on any atom is 0.260 e. The van der Waals surface area contributed by atoms with E-state index in [-0.39, 0.29) is 22.8 Å². The molecule has 0 saturated carbocycles. The first-order valence-electron chi connectivity index (χ1n) is 8.10. The number of hydrogen-bond acceptors (Lipinski definition) is 3. The van der Waals surface area contributed by atoms with Crippen LogP contribution in [0.2, 0.25) is 10.0 Å². The molecule has 2 aromatic rings. The SMILES string of the molecule is CC(Oc1cccc(Cl)c1Cl)C(=O)NCC(c1cccc(F)c1)N(C)C. The Morgan fingerprint density at radius 1 is 1.23 bits per heavy atom. The van der Waals surface area contributed by atoms with Crippen LogP contribution < -0.4 is 10.1 Å². The fourth-order valence-electron chi connectivity index (χ4n) is 2.47. The number of nitrogens with one attached hydrogen (secondary N) is 1. The second-order valence-corrected chi connectivity index (χ2v) is 6.88. The van der Waals surface area contributed by atoms with Crippen molar-refractivity contribution in [3.63, 3.8) is 0 Å². The highest BCUT2D eigenvalue weighted by molar-refractivity contribution is 6.42. The molecule has 140 valence electrons. The smallest absolute Gasteiger partial charge is 0.260 e. The molecule has 1 N–H and O–H groups in total. The minimum Gasteiger partial charge on any atom is -0.479 e. The summed E-state index contributed by atoms with van der Waals surface area (Å²) in [6.07, 6.45) is -0.763. The summed E-state index contributed by atoms with van der Waals surface area (Å²) in [5.74, 6) is -0.270. The number of halogens is 3. The first kappa shape index (κ1) is 20.5. The number of likely N-dealkylation sites (N-methyl/N-ethyl adjacent to an activating group) is 1. The minimum absolute atomic E-state index is 0.170. The summed E-state index contributed by atoms with van der Waals surface area (Å²) in [5.41, 5.74) is 0.779. The Hall–Kier alpha value is -1.82. The van der Waals surface area contributed by atoms with Gasteiger partial charge in [-0.25, -0.2) is 4.39 Å². The van der Waals surface area contributed by atoms with Crippen molar-refractivity contribution in [2.45, 2.75) is 19.1 Å². The Morgan fingerprint density at radius 3 is 2.58 bits per heavy atom. The number of carbonyl (C=O) groups excluding carboxylic acids is 1. The van der Waals surface area contributed by atoms with E-state index in [4.69, 9.17) is 27.9 Å². The summed E-state index contributed by atoms with van der Waals surface area (Å²) in [7, 11) is 3.74. The van der Waals surface area contributed by atoms with Crippen molar-refractivity contribution in [1.29, 1.82) is 0 Å². The maximum atomic E-state index is 13.5. The third kappa shape index (κ3) is 5.34. The van der Waals surface area contributed by atoms with Gasteiger partial charge in [-0.15, -0.1) is 0 Å². The standard InChI is InChI=1S/C19H21Cl2FN2O2/c1-12(26-17-9-5-8-15(20)18(17)21)19(25)23-11-16(24(2)3)13-6-4-7-14(22)10-13/h4-10,12,16H,11H2,1-3H3,(H,23,25). The summed E-state index contributed by atoms with van der Waals surface area (Å²) >= 11 is 12.0. The highest BCUT2D eigenvalue weighted by atomic mass is 35.5.